The molecule has 0 saturated carbocycles. The van der Waals surface area contributed by atoms with Crippen LogP contribution in [0, 0.1) is 0 Å². The van der Waals surface area contributed by atoms with Crippen molar-refractivity contribution >= 4 is 0 Å². The molecule has 0 aliphatic rings. The second-order valence-corrected chi connectivity index (χ2v) is 4.46. The molecule has 0 bridgehead atoms. The summed E-state index contributed by atoms with van der Waals surface area (Å²) in [4.78, 5) is 2.32. The van der Waals surface area contributed by atoms with E-state index in [4.69, 9.17) is 4.42 Å². The molecule has 86 valence electrons. The number of hydrogen-bond acceptors (Lipinski definition) is 3. The minimum Gasteiger partial charge on any atom is -0.472 e. The maximum Gasteiger partial charge on any atom is 0.0947 e. The largest absolute Gasteiger partial charge is 0.472 e. The molecule has 0 aliphatic carbocycles. The van der Waals surface area contributed by atoms with E-state index in [-0.39, 0.29) is 0 Å². The first kappa shape index (κ1) is 12.3. The molecule has 1 unspecified atom stereocenters. The Morgan fingerprint density at radius 2 is 2.13 bits per heavy atom. The first-order chi connectivity index (χ1) is 7.09. The van der Waals surface area contributed by atoms with Gasteiger partial charge in [0.2, 0.25) is 0 Å². The molecule has 3 heteroatoms. The van der Waals surface area contributed by atoms with Crippen molar-refractivity contribution in [2.24, 2.45) is 0 Å². The van der Waals surface area contributed by atoms with Crippen molar-refractivity contribution in [1.29, 1.82) is 0 Å². The van der Waals surface area contributed by atoms with Crippen molar-refractivity contribution in [3.05, 3.63) is 24.2 Å². The van der Waals surface area contributed by atoms with Gasteiger partial charge in [-0.25, -0.2) is 0 Å². The van der Waals surface area contributed by atoms with Crippen LogP contribution in [-0.2, 0) is 6.54 Å². The van der Waals surface area contributed by atoms with Crippen molar-refractivity contribution in [1.82, 2.24) is 10.2 Å². The van der Waals surface area contributed by atoms with E-state index in [0.717, 1.165) is 13.1 Å². The van der Waals surface area contributed by atoms with Crippen LogP contribution in [0.1, 0.15) is 26.3 Å². The molecule has 0 aliphatic heterocycles. The van der Waals surface area contributed by atoms with Gasteiger partial charge in [0.15, 0.2) is 0 Å². The van der Waals surface area contributed by atoms with Crippen molar-refractivity contribution in [3.8, 4) is 0 Å². The molecule has 1 heterocycles. The standard InChI is InChI=1S/C12H22N2O/c1-10(2)13-7-11(3)14(4)8-12-5-6-15-9-12/h5-6,9-11,13H,7-8H2,1-4H3. The van der Waals surface area contributed by atoms with Gasteiger partial charge < -0.3 is 9.73 Å². The molecule has 0 amide bonds. The number of nitrogens with zero attached hydrogens (tertiary/aromatic N) is 1. The van der Waals surface area contributed by atoms with Crippen LogP contribution in [0.5, 0.6) is 0 Å². The lowest BCUT2D eigenvalue weighted by atomic mass is 10.2. The molecule has 3 nitrogen and oxygen atoms in total. The Balaban J connectivity index is 2.30. The number of hydrogen-bond donors (Lipinski definition) is 1. The van der Waals surface area contributed by atoms with Crippen molar-refractivity contribution in [2.75, 3.05) is 13.6 Å². The summed E-state index contributed by atoms with van der Waals surface area (Å²) in [5, 5.41) is 3.44. The zero-order valence-electron chi connectivity index (χ0n) is 10.2. The smallest absolute Gasteiger partial charge is 0.0947 e. The highest BCUT2D eigenvalue weighted by molar-refractivity contribution is 5.04. The van der Waals surface area contributed by atoms with Gasteiger partial charge in [-0.05, 0) is 20.0 Å². The monoisotopic (exact) mass is 210 g/mol. The van der Waals surface area contributed by atoms with Gasteiger partial charge in [0, 0.05) is 30.7 Å². The number of nitrogens with one attached hydrogen (secondary N) is 1. The molecule has 0 radical (unpaired) electrons. The molecular weight excluding hydrogens is 188 g/mol. The van der Waals surface area contributed by atoms with Crippen LogP contribution in [-0.4, -0.2) is 30.6 Å². The first-order valence-electron chi connectivity index (χ1n) is 5.54. The lowest BCUT2D eigenvalue weighted by Crippen LogP contribution is -2.39. The lowest BCUT2D eigenvalue weighted by Gasteiger charge is -2.25. The Morgan fingerprint density at radius 1 is 1.40 bits per heavy atom. The van der Waals surface area contributed by atoms with Crippen LogP contribution < -0.4 is 5.32 Å². The van der Waals surface area contributed by atoms with Gasteiger partial charge in [-0.1, -0.05) is 13.8 Å². The number of likely N-dealkylation sites (N-methyl/N-ethyl adjacent to an activating group) is 1. The number of rotatable bonds is 6. The van der Waals surface area contributed by atoms with E-state index in [2.05, 4.69) is 38.0 Å². The summed E-state index contributed by atoms with van der Waals surface area (Å²) in [6.45, 7) is 8.53. The predicted molar refractivity (Wildman–Crippen MR) is 62.8 cm³/mol. The van der Waals surface area contributed by atoms with Gasteiger partial charge in [0.05, 0.1) is 12.5 Å². The third-order valence-corrected chi connectivity index (χ3v) is 2.59. The summed E-state index contributed by atoms with van der Waals surface area (Å²) < 4.78 is 5.05. The van der Waals surface area contributed by atoms with Crippen molar-refractivity contribution < 1.29 is 4.42 Å². The Kier molecular flexibility index (Phi) is 4.85. The molecule has 0 fully saturated rings. The molecule has 0 saturated heterocycles. The van der Waals surface area contributed by atoms with E-state index in [1.807, 2.05) is 6.07 Å². The maximum absolute atomic E-state index is 5.05. The Morgan fingerprint density at radius 3 is 2.67 bits per heavy atom. The fraction of sp³-hybridized carbons (Fsp3) is 0.667. The van der Waals surface area contributed by atoms with E-state index in [1.165, 1.54) is 5.56 Å². The van der Waals surface area contributed by atoms with Gasteiger partial charge in [0.25, 0.3) is 0 Å². The maximum atomic E-state index is 5.05. The van der Waals surface area contributed by atoms with Crippen molar-refractivity contribution in [2.45, 2.75) is 39.4 Å². The average molecular weight is 210 g/mol. The summed E-state index contributed by atoms with van der Waals surface area (Å²) >= 11 is 0. The van der Waals surface area contributed by atoms with E-state index in [1.54, 1.807) is 12.5 Å². The van der Waals surface area contributed by atoms with Crippen LogP contribution in [0.3, 0.4) is 0 Å². The molecule has 0 aromatic carbocycles. The predicted octanol–water partition coefficient (Wildman–Crippen LogP) is 2.10. The summed E-state index contributed by atoms with van der Waals surface area (Å²) in [6, 6.07) is 3.09. The summed E-state index contributed by atoms with van der Waals surface area (Å²) in [5.74, 6) is 0. The first-order valence-corrected chi connectivity index (χ1v) is 5.54. The van der Waals surface area contributed by atoms with Gasteiger partial charge in [-0.15, -0.1) is 0 Å². The molecule has 1 rings (SSSR count). The molecule has 0 spiro atoms. The third-order valence-electron chi connectivity index (χ3n) is 2.59. The minimum absolute atomic E-state index is 0.530. The van der Waals surface area contributed by atoms with Crippen LogP contribution >= 0.6 is 0 Å². The topological polar surface area (TPSA) is 28.4 Å². The zero-order valence-corrected chi connectivity index (χ0v) is 10.2. The Labute approximate surface area is 92.5 Å². The van der Waals surface area contributed by atoms with E-state index in [0.29, 0.717) is 12.1 Å². The number of furan rings is 1. The van der Waals surface area contributed by atoms with Gasteiger partial charge >= 0.3 is 0 Å². The molecule has 1 atom stereocenters. The second kappa shape index (κ2) is 5.93. The fourth-order valence-corrected chi connectivity index (χ4v) is 1.39. The second-order valence-electron chi connectivity index (χ2n) is 4.46. The normalized spacial score (nSPS) is 13.7. The highest BCUT2D eigenvalue weighted by Crippen LogP contribution is 2.06. The summed E-state index contributed by atoms with van der Waals surface area (Å²) in [7, 11) is 2.14. The highest BCUT2D eigenvalue weighted by Gasteiger charge is 2.10. The molecule has 15 heavy (non-hydrogen) atoms. The van der Waals surface area contributed by atoms with E-state index in [9.17, 15) is 0 Å². The summed E-state index contributed by atoms with van der Waals surface area (Å²) in [5.41, 5.74) is 1.23. The Bertz CT molecular complexity index is 257. The highest BCUT2D eigenvalue weighted by atomic mass is 16.3. The molecule has 1 N–H and O–H groups in total. The van der Waals surface area contributed by atoms with E-state index >= 15 is 0 Å². The molecular formula is C12H22N2O. The average Bonchev–Trinajstić information content (AvgIpc) is 2.66. The van der Waals surface area contributed by atoms with E-state index < -0.39 is 0 Å². The fourth-order valence-electron chi connectivity index (χ4n) is 1.39. The Hall–Kier alpha value is -0.800. The third kappa shape index (κ3) is 4.49. The lowest BCUT2D eigenvalue weighted by molar-refractivity contribution is 0.239. The van der Waals surface area contributed by atoms with Crippen LogP contribution in [0.25, 0.3) is 0 Å². The van der Waals surface area contributed by atoms with Crippen LogP contribution in [0.2, 0.25) is 0 Å². The van der Waals surface area contributed by atoms with Gasteiger partial charge in [-0.2, -0.15) is 0 Å². The van der Waals surface area contributed by atoms with Crippen LogP contribution in [0.4, 0.5) is 0 Å². The van der Waals surface area contributed by atoms with Gasteiger partial charge in [-0.3, -0.25) is 4.90 Å². The summed E-state index contributed by atoms with van der Waals surface area (Å²) in [6.07, 6.45) is 3.53. The molecule has 1 aromatic heterocycles. The quantitative estimate of drug-likeness (QED) is 0.779. The zero-order chi connectivity index (χ0) is 11.3. The van der Waals surface area contributed by atoms with Crippen LogP contribution in [0.15, 0.2) is 23.0 Å². The van der Waals surface area contributed by atoms with Gasteiger partial charge in [0.1, 0.15) is 0 Å². The molecule has 1 aromatic rings. The minimum atomic E-state index is 0.530. The SMILES string of the molecule is CC(C)NCC(C)N(C)Cc1ccoc1. The van der Waals surface area contributed by atoms with Crippen molar-refractivity contribution in [3.63, 3.8) is 0 Å².